The smallest absolute Gasteiger partial charge is 0.257 e. The Morgan fingerprint density at radius 1 is 1.07 bits per heavy atom. The summed E-state index contributed by atoms with van der Waals surface area (Å²) in [5.74, 6) is 0.299. The van der Waals surface area contributed by atoms with Crippen molar-refractivity contribution in [1.29, 1.82) is 0 Å². The van der Waals surface area contributed by atoms with Crippen LogP contribution in [0, 0.1) is 20.8 Å². The van der Waals surface area contributed by atoms with Crippen molar-refractivity contribution in [3.63, 3.8) is 0 Å². The third kappa shape index (κ3) is 3.38. The van der Waals surface area contributed by atoms with Crippen LogP contribution < -0.4 is 5.32 Å². The molecule has 0 radical (unpaired) electrons. The topological polar surface area (TPSA) is 77.6 Å². The number of anilines is 1. The maximum Gasteiger partial charge on any atom is 0.257 e. The Morgan fingerprint density at radius 2 is 1.82 bits per heavy atom. The van der Waals surface area contributed by atoms with Gasteiger partial charge in [-0.2, -0.15) is 10.2 Å². The summed E-state index contributed by atoms with van der Waals surface area (Å²) < 4.78 is 3.51. The molecule has 0 unspecified atom stereocenters. The summed E-state index contributed by atoms with van der Waals surface area (Å²) in [4.78, 5) is 17.4. The fraction of sp³-hybridized carbons (Fsp3) is 0.238. The maximum absolute atomic E-state index is 12.9. The largest absolute Gasteiger partial charge is 0.305 e. The molecule has 0 saturated heterocycles. The van der Waals surface area contributed by atoms with E-state index in [1.807, 2.05) is 31.8 Å². The monoisotopic (exact) mass is 374 g/mol. The van der Waals surface area contributed by atoms with Crippen LogP contribution in [0.3, 0.4) is 0 Å². The van der Waals surface area contributed by atoms with E-state index < -0.39 is 0 Å². The summed E-state index contributed by atoms with van der Waals surface area (Å²) >= 11 is 0. The molecule has 142 valence electrons. The standard InChI is InChI=1S/C21H22N6O/c1-13-5-7-16(8-6-13)12-27-10-9-18(25-27)23-21(28)17-11-14(2)22-20-19(17)15(3)24-26(20)4/h5-11H,12H2,1-4H3,(H,23,25,28). The summed E-state index contributed by atoms with van der Waals surface area (Å²) in [7, 11) is 1.83. The van der Waals surface area contributed by atoms with Crippen molar-refractivity contribution in [2.24, 2.45) is 7.05 Å². The second-order valence-electron chi connectivity index (χ2n) is 7.06. The summed E-state index contributed by atoms with van der Waals surface area (Å²) in [5.41, 5.74) is 5.19. The molecule has 28 heavy (non-hydrogen) atoms. The highest BCUT2D eigenvalue weighted by Crippen LogP contribution is 2.22. The van der Waals surface area contributed by atoms with Crippen molar-refractivity contribution in [3.8, 4) is 0 Å². The van der Waals surface area contributed by atoms with Gasteiger partial charge in [-0.15, -0.1) is 0 Å². The highest BCUT2D eigenvalue weighted by atomic mass is 16.1. The number of pyridine rings is 1. The van der Waals surface area contributed by atoms with E-state index in [-0.39, 0.29) is 5.91 Å². The molecule has 0 aliphatic heterocycles. The lowest BCUT2D eigenvalue weighted by molar-refractivity contribution is 0.102. The number of hydrogen-bond acceptors (Lipinski definition) is 4. The molecular weight excluding hydrogens is 352 g/mol. The Morgan fingerprint density at radius 3 is 2.57 bits per heavy atom. The predicted molar refractivity (Wildman–Crippen MR) is 108 cm³/mol. The van der Waals surface area contributed by atoms with Crippen molar-refractivity contribution in [1.82, 2.24) is 24.5 Å². The third-order valence-corrected chi connectivity index (χ3v) is 4.69. The Balaban J connectivity index is 1.57. The van der Waals surface area contributed by atoms with Gasteiger partial charge in [-0.1, -0.05) is 29.8 Å². The molecule has 0 atom stereocenters. The number of hydrogen-bond donors (Lipinski definition) is 1. The Kier molecular flexibility index (Phi) is 4.43. The lowest BCUT2D eigenvalue weighted by atomic mass is 10.1. The summed E-state index contributed by atoms with van der Waals surface area (Å²) in [5, 5.41) is 12.5. The number of aromatic nitrogens is 5. The van der Waals surface area contributed by atoms with Crippen molar-refractivity contribution < 1.29 is 4.79 Å². The molecule has 7 heteroatoms. The minimum atomic E-state index is -0.216. The maximum atomic E-state index is 12.9. The molecule has 0 aliphatic carbocycles. The molecule has 4 aromatic rings. The lowest BCUT2D eigenvalue weighted by Gasteiger charge is -2.06. The molecule has 0 aliphatic rings. The third-order valence-electron chi connectivity index (χ3n) is 4.69. The van der Waals surface area contributed by atoms with Crippen LogP contribution in [0.1, 0.15) is 32.9 Å². The average Bonchev–Trinajstić information content (AvgIpc) is 3.20. The minimum Gasteiger partial charge on any atom is -0.305 e. The number of aryl methyl sites for hydroxylation is 4. The fourth-order valence-electron chi connectivity index (χ4n) is 3.33. The minimum absolute atomic E-state index is 0.216. The first-order valence-corrected chi connectivity index (χ1v) is 9.12. The predicted octanol–water partition coefficient (Wildman–Crippen LogP) is 3.39. The second-order valence-corrected chi connectivity index (χ2v) is 7.06. The van der Waals surface area contributed by atoms with E-state index in [1.54, 1.807) is 16.8 Å². The SMILES string of the molecule is Cc1ccc(Cn2ccc(NC(=O)c3cc(C)nc4c3c(C)nn4C)n2)cc1. The van der Waals surface area contributed by atoms with Crippen LogP contribution in [0.4, 0.5) is 5.82 Å². The number of nitrogens with zero attached hydrogens (tertiary/aromatic N) is 5. The van der Waals surface area contributed by atoms with Crippen molar-refractivity contribution in [3.05, 3.63) is 70.7 Å². The van der Waals surface area contributed by atoms with Gasteiger partial charge in [-0.05, 0) is 32.4 Å². The van der Waals surface area contributed by atoms with Crippen LogP contribution in [0.5, 0.6) is 0 Å². The van der Waals surface area contributed by atoms with Gasteiger partial charge in [0, 0.05) is 25.0 Å². The average molecular weight is 374 g/mol. The van der Waals surface area contributed by atoms with Gasteiger partial charge < -0.3 is 5.32 Å². The van der Waals surface area contributed by atoms with E-state index >= 15 is 0 Å². The number of fused-ring (bicyclic) bond motifs is 1. The Bertz CT molecular complexity index is 1170. The van der Waals surface area contributed by atoms with Gasteiger partial charge in [0.1, 0.15) is 0 Å². The first kappa shape index (κ1) is 17.9. The van der Waals surface area contributed by atoms with E-state index in [0.717, 1.165) is 22.3 Å². The van der Waals surface area contributed by atoms with Crippen LogP contribution in [-0.2, 0) is 13.6 Å². The first-order valence-electron chi connectivity index (χ1n) is 9.12. The van der Waals surface area contributed by atoms with E-state index in [1.165, 1.54) is 5.56 Å². The second kappa shape index (κ2) is 6.92. The number of carbonyl (C=O) groups is 1. The molecule has 7 nitrogen and oxygen atoms in total. The summed E-state index contributed by atoms with van der Waals surface area (Å²) in [6, 6.07) is 11.9. The Hall–Kier alpha value is -3.48. The van der Waals surface area contributed by atoms with E-state index in [2.05, 4.69) is 51.7 Å². The van der Waals surface area contributed by atoms with E-state index in [9.17, 15) is 4.79 Å². The van der Waals surface area contributed by atoms with Crippen molar-refractivity contribution >= 4 is 22.8 Å². The quantitative estimate of drug-likeness (QED) is 0.594. The molecule has 0 saturated carbocycles. The number of carbonyl (C=O) groups excluding carboxylic acids is 1. The zero-order chi connectivity index (χ0) is 19.8. The van der Waals surface area contributed by atoms with Crippen LogP contribution in [0.25, 0.3) is 11.0 Å². The fourth-order valence-corrected chi connectivity index (χ4v) is 3.33. The highest BCUT2D eigenvalue weighted by molar-refractivity contribution is 6.12. The van der Waals surface area contributed by atoms with Gasteiger partial charge in [-0.3, -0.25) is 14.2 Å². The molecular formula is C21H22N6O. The van der Waals surface area contributed by atoms with Gasteiger partial charge in [0.05, 0.1) is 23.2 Å². The lowest BCUT2D eigenvalue weighted by Crippen LogP contribution is -2.14. The van der Waals surface area contributed by atoms with Gasteiger partial charge in [0.2, 0.25) is 0 Å². The molecule has 3 heterocycles. The Labute approximate surface area is 163 Å². The number of amides is 1. The van der Waals surface area contributed by atoms with Crippen LogP contribution in [0.15, 0.2) is 42.6 Å². The van der Waals surface area contributed by atoms with Crippen LogP contribution >= 0.6 is 0 Å². The van der Waals surface area contributed by atoms with Gasteiger partial charge in [0.15, 0.2) is 11.5 Å². The summed E-state index contributed by atoms with van der Waals surface area (Å²) in [6.07, 6.45) is 1.86. The molecule has 1 aromatic carbocycles. The van der Waals surface area contributed by atoms with Gasteiger partial charge in [-0.25, -0.2) is 4.98 Å². The van der Waals surface area contributed by atoms with Crippen LogP contribution in [0.2, 0.25) is 0 Å². The first-order chi connectivity index (χ1) is 13.4. The zero-order valence-electron chi connectivity index (χ0n) is 16.4. The molecule has 4 rings (SSSR count). The molecule has 1 amide bonds. The van der Waals surface area contributed by atoms with E-state index in [4.69, 9.17) is 0 Å². The van der Waals surface area contributed by atoms with Gasteiger partial charge in [0.25, 0.3) is 5.91 Å². The number of benzene rings is 1. The molecule has 0 fully saturated rings. The number of rotatable bonds is 4. The highest BCUT2D eigenvalue weighted by Gasteiger charge is 2.18. The molecule has 0 bridgehead atoms. The molecule has 0 spiro atoms. The molecule has 3 aromatic heterocycles. The molecule has 1 N–H and O–H groups in total. The number of nitrogens with one attached hydrogen (secondary N) is 1. The van der Waals surface area contributed by atoms with Gasteiger partial charge >= 0.3 is 0 Å². The zero-order valence-corrected chi connectivity index (χ0v) is 16.4. The summed E-state index contributed by atoms with van der Waals surface area (Å²) in [6.45, 7) is 6.46. The van der Waals surface area contributed by atoms with Crippen molar-refractivity contribution in [2.45, 2.75) is 27.3 Å². The van der Waals surface area contributed by atoms with Crippen molar-refractivity contribution in [2.75, 3.05) is 5.32 Å². The van der Waals surface area contributed by atoms with E-state index in [0.29, 0.717) is 23.6 Å². The normalized spacial score (nSPS) is 11.1. The van der Waals surface area contributed by atoms with Crippen LogP contribution in [-0.4, -0.2) is 30.5 Å².